The molecule has 22 heavy (non-hydrogen) atoms. The fourth-order valence-corrected chi connectivity index (χ4v) is 1.85. The van der Waals surface area contributed by atoms with E-state index in [2.05, 4.69) is 0 Å². The maximum atomic E-state index is 11.7. The van der Waals surface area contributed by atoms with Crippen molar-refractivity contribution in [1.82, 2.24) is 0 Å². The van der Waals surface area contributed by atoms with E-state index >= 15 is 0 Å². The van der Waals surface area contributed by atoms with Crippen molar-refractivity contribution in [3.8, 4) is 5.75 Å². The quantitative estimate of drug-likeness (QED) is 0.632. The van der Waals surface area contributed by atoms with Gasteiger partial charge in [-0.1, -0.05) is 54.6 Å². The molecule has 1 fully saturated rings. The van der Waals surface area contributed by atoms with Crippen LogP contribution in [-0.4, -0.2) is 31.9 Å². The molecule has 1 heterocycles. The molecule has 3 rings (SSSR count). The first-order valence-corrected chi connectivity index (χ1v) is 7.24. The van der Waals surface area contributed by atoms with E-state index in [9.17, 15) is 4.79 Å². The summed E-state index contributed by atoms with van der Waals surface area (Å²) in [5.41, 5.74) is 0.924. The van der Waals surface area contributed by atoms with Crippen LogP contribution in [-0.2, 0) is 14.3 Å². The highest BCUT2D eigenvalue weighted by Crippen LogP contribution is 2.17. The molecular formula is C18H20O4. The van der Waals surface area contributed by atoms with Crippen LogP contribution >= 0.6 is 0 Å². The van der Waals surface area contributed by atoms with Crippen molar-refractivity contribution in [2.75, 3.05) is 19.8 Å². The van der Waals surface area contributed by atoms with Gasteiger partial charge in [-0.2, -0.15) is 0 Å². The monoisotopic (exact) mass is 300 g/mol. The number of rotatable bonds is 2. The molecular weight excluding hydrogens is 280 g/mol. The molecule has 4 heteroatoms. The Bertz CT molecular complexity index is 536. The summed E-state index contributed by atoms with van der Waals surface area (Å²) in [6.07, 6.45) is -0.603. The smallest absolute Gasteiger partial charge is 0.343 e. The van der Waals surface area contributed by atoms with Crippen LogP contribution in [0.3, 0.4) is 0 Å². The zero-order chi connectivity index (χ0) is 15.6. The fraction of sp³-hybridized carbons (Fsp3) is 0.278. The molecule has 116 valence electrons. The van der Waals surface area contributed by atoms with E-state index in [-0.39, 0.29) is 6.61 Å². The normalized spacial score (nSPS) is 17.0. The third-order valence-electron chi connectivity index (χ3n) is 3.05. The number of benzene rings is 2. The minimum Gasteiger partial charge on any atom is -0.424 e. The Labute approximate surface area is 130 Å². The molecule has 0 radical (unpaired) electrons. The summed E-state index contributed by atoms with van der Waals surface area (Å²) in [7, 11) is 0. The molecule has 0 saturated carbocycles. The lowest BCUT2D eigenvalue weighted by Crippen LogP contribution is -2.38. The second-order valence-electron chi connectivity index (χ2n) is 4.78. The van der Waals surface area contributed by atoms with Crippen LogP contribution in [0.25, 0.3) is 0 Å². The minimum absolute atomic E-state index is 0.269. The molecule has 0 aliphatic carbocycles. The number of esters is 1. The lowest BCUT2D eigenvalue weighted by Gasteiger charge is -2.21. The minimum atomic E-state index is -0.603. The molecule has 0 amide bonds. The molecule has 1 aliphatic rings. The van der Waals surface area contributed by atoms with Gasteiger partial charge in [-0.3, -0.25) is 0 Å². The van der Waals surface area contributed by atoms with Gasteiger partial charge in [0, 0.05) is 0 Å². The predicted molar refractivity (Wildman–Crippen MR) is 83.8 cm³/mol. The van der Waals surface area contributed by atoms with Crippen molar-refractivity contribution < 1.29 is 19.0 Å². The van der Waals surface area contributed by atoms with Crippen LogP contribution in [0.15, 0.2) is 60.7 Å². The van der Waals surface area contributed by atoms with Crippen LogP contribution in [0.5, 0.6) is 5.75 Å². The molecule has 1 saturated heterocycles. The van der Waals surface area contributed by atoms with Gasteiger partial charge in [0.05, 0.1) is 19.8 Å². The summed E-state index contributed by atoms with van der Waals surface area (Å²) >= 11 is 0. The largest absolute Gasteiger partial charge is 0.424 e. The van der Waals surface area contributed by atoms with Crippen molar-refractivity contribution in [2.45, 2.75) is 13.0 Å². The Morgan fingerprint density at radius 2 is 1.64 bits per heavy atom. The molecule has 1 unspecified atom stereocenters. The summed E-state index contributed by atoms with van der Waals surface area (Å²) in [6.45, 7) is 3.13. The first-order chi connectivity index (χ1) is 10.8. The first-order valence-electron chi connectivity index (χ1n) is 7.24. The Hall–Kier alpha value is -2.17. The van der Waals surface area contributed by atoms with Gasteiger partial charge in [0.1, 0.15) is 5.75 Å². The second kappa shape index (κ2) is 8.97. The fourth-order valence-electron chi connectivity index (χ4n) is 1.85. The Morgan fingerprint density at radius 3 is 2.18 bits per heavy atom. The maximum Gasteiger partial charge on any atom is 0.343 e. The summed E-state index contributed by atoms with van der Waals surface area (Å²) in [4.78, 5) is 11.7. The van der Waals surface area contributed by atoms with Crippen molar-refractivity contribution in [3.63, 3.8) is 0 Å². The zero-order valence-corrected chi connectivity index (χ0v) is 12.6. The van der Waals surface area contributed by atoms with Crippen LogP contribution in [0.2, 0.25) is 0 Å². The van der Waals surface area contributed by atoms with Gasteiger partial charge in [0.15, 0.2) is 6.10 Å². The van der Waals surface area contributed by atoms with Gasteiger partial charge in [-0.25, -0.2) is 4.79 Å². The van der Waals surface area contributed by atoms with Gasteiger partial charge >= 0.3 is 5.97 Å². The van der Waals surface area contributed by atoms with Crippen LogP contribution < -0.4 is 4.74 Å². The molecule has 0 spiro atoms. The van der Waals surface area contributed by atoms with Crippen molar-refractivity contribution in [3.05, 3.63) is 66.2 Å². The molecule has 0 bridgehead atoms. The van der Waals surface area contributed by atoms with Gasteiger partial charge < -0.3 is 14.2 Å². The van der Waals surface area contributed by atoms with E-state index < -0.39 is 12.1 Å². The molecule has 0 aromatic heterocycles. The number of aryl methyl sites for hydroxylation is 1. The van der Waals surface area contributed by atoms with E-state index in [4.69, 9.17) is 14.2 Å². The topological polar surface area (TPSA) is 44.8 Å². The molecule has 1 atom stereocenters. The average Bonchev–Trinajstić information content (AvgIpc) is 2.60. The summed E-state index contributed by atoms with van der Waals surface area (Å²) in [5.74, 6) is 0.177. The lowest BCUT2D eigenvalue weighted by atomic mass is 10.2. The van der Waals surface area contributed by atoms with Crippen LogP contribution in [0.4, 0.5) is 0 Å². The number of hydrogen-bond donors (Lipinski definition) is 0. The van der Waals surface area contributed by atoms with Crippen molar-refractivity contribution in [1.29, 1.82) is 0 Å². The maximum absolute atomic E-state index is 11.7. The summed E-state index contributed by atoms with van der Waals surface area (Å²) in [5, 5.41) is 0. The van der Waals surface area contributed by atoms with Gasteiger partial charge in [0.25, 0.3) is 0 Å². The van der Waals surface area contributed by atoms with Crippen LogP contribution in [0, 0.1) is 6.92 Å². The molecule has 1 aliphatic heterocycles. The third kappa shape index (κ3) is 5.31. The highest BCUT2D eigenvalue weighted by molar-refractivity contribution is 5.77. The predicted octanol–water partition coefficient (Wildman–Crippen LogP) is 3.00. The highest BCUT2D eigenvalue weighted by atomic mass is 16.6. The van der Waals surface area contributed by atoms with Gasteiger partial charge in [-0.05, 0) is 18.6 Å². The van der Waals surface area contributed by atoms with Crippen molar-refractivity contribution in [2.24, 2.45) is 0 Å². The SMILES string of the molecule is Cc1ccccc1OC(=O)C1COCCO1.c1ccccc1. The van der Waals surface area contributed by atoms with E-state index in [1.807, 2.05) is 61.5 Å². The number of ether oxygens (including phenoxy) is 3. The number of para-hydroxylation sites is 1. The zero-order valence-electron chi connectivity index (χ0n) is 12.6. The van der Waals surface area contributed by atoms with Crippen molar-refractivity contribution >= 4 is 5.97 Å². The average molecular weight is 300 g/mol. The lowest BCUT2D eigenvalue weighted by molar-refractivity contribution is -0.161. The Kier molecular flexibility index (Phi) is 6.61. The molecule has 4 nitrogen and oxygen atoms in total. The first kappa shape index (κ1) is 16.2. The Morgan fingerprint density at radius 1 is 1.00 bits per heavy atom. The van der Waals surface area contributed by atoms with Crippen LogP contribution in [0.1, 0.15) is 5.56 Å². The standard InChI is InChI=1S/C12H14O4.C6H6/c1-9-4-2-3-5-10(9)16-12(13)11-8-14-6-7-15-11;1-2-4-6-5-3-1/h2-5,11H,6-8H2,1H3;1-6H. The summed E-state index contributed by atoms with van der Waals surface area (Å²) in [6, 6.07) is 19.4. The number of carbonyl (C=O) groups is 1. The van der Waals surface area contributed by atoms with Gasteiger partial charge in [0.2, 0.25) is 0 Å². The van der Waals surface area contributed by atoms with Gasteiger partial charge in [-0.15, -0.1) is 0 Å². The third-order valence-corrected chi connectivity index (χ3v) is 3.05. The Balaban J connectivity index is 0.000000246. The second-order valence-corrected chi connectivity index (χ2v) is 4.78. The van der Waals surface area contributed by atoms with E-state index in [0.717, 1.165) is 5.56 Å². The molecule has 2 aromatic rings. The highest BCUT2D eigenvalue weighted by Gasteiger charge is 2.24. The van der Waals surface area contributed by atoms with E-state index in [1.54, 1.807) is 6.07 Å². The van der Waals surface area contributed by atoms with E-state index in [1.165, 1.54) is 0 Å². The molecule has 2 aromatic carbocycles. The summed E-state index contributed by atoms with van der Waals surface area (Å²) < 4.78 is 15.6. The number of hydrogen-bond acceptors (Lipinski definition) is 4. The van der Waals surface area contributed by atoms with E-state index in [0.29, 0.717) is 19.0 Å². The molecule has 0 N–H and O–H groups in total. The number of carbonyl (C=O) groups excluding carboxylic acids is 1.